The number of alkyl halides is 3. The van der Waals surface area contributed by atoms with Gasteiger partial charge in [0.25, 0.3) is 10.0 Å². The Morgan fingerprint density at radius 3 is 2.37 bits per heavy atom. The minimum absolute atomic E-state index is 0.442. The first-order valence-corrected chi connectivity index (χ1v) is 5.91. The number of ether oxygens (including phenoxy) is 1. The normalized spacial score (nSPS) is 12.3. The van der Waals surface area contributed by atoms with Gasteiger partial charge in [0.05, 0.1) is 0 Å². The predicted octanol–water partition coefficient (Wildman–Crippen LogP) is 0.844. The van der Waals surface area contributed by atoms with Gasteiger partial charge in [0.2, 0.25) is 0 Å². The molecular formula is C7H6F3N3O5S. The van der Waals surface area contributed by atoms with Crippen molar-refractivity contribution in [2.45, 2.75) is 18.3 Å². The van der Waals surface area contributed by atoms with Gasteiger partial charge >= 0.3 is 17.2 Å². The Hall–Kier alpha value is -1.95. The molecule has 0 bridgehead atoms. The van der Waals surface area contributed by atoms with Crippen LogP contribution in [0.5, 0.6) is 5.75 Å². The topological polar surface area (TPSA) is 125 Å². The Morgan fingerprint density at radius 2 is 2.00 bits per heavy atom. The van der Waals surface area contributed by atoms with Crippen LogP contribution in [0.2, 0.25) is 0 Å². The number of halogens is 3. The predicted molar refractivity (Wildman–Crippen MR) is 53.7 cm³/mol. The Balaban J connectivity index is 3.58. The van der Waals surface area contributed by atoms with Crippen LogP contribution in [0, 0.1) is 17.0 Å². The van der Waals surface area contributed by atoms with Crippen molar-refractivity contribution in [3.05, 3.63) is 21.7 Å². The van der Waals surface area contributed by atoms with E-state index in [-0.39, 0.29) is 0 Å². The van der Waals surface area contributed by atoms with Gasteiger partial charge in [-0.1, -0.05) is 0 Å². The van der Waals surface area contributed by atoms with E-state index in [1.807, 2.05) is 0 Å². The van der Waals surface area contributed by atoms with Crippen molar-refractivity contribution in [3.8, 4) is 5.75 Å². The summed E-state index contributed by atoms with van der Waals surface area (Å²) in [5, 5.41) is 13.8. The SMILES string of the molecule is Cc1cc([N+](=O)[O-])nc(S(N)(=O)=O)c1OC(F)(F)F. The Labute approximate surface area is 104 Å². The number of aromatic nitrogens is 1. The summed E-state index contributed by atoms with van der Waals surface area (Å²) in [6.07, 6.45) is -5.19. The third-order valence-electron chi connectivity index (χ3n) is 1.79. The zero-order valence-electron chi connectivity index (χ0n) is 9.13. The lowest BCUT2D eigenvalue weighted by atomic mass is 10.3. The molecule has 1 heterocycles. The molecule has 0 saturated heterocycles. The summed E-state index contributed by atoms with van der Waals surface area (Å²) in [4.78, 5) is 12.4. The number of rotatable bonds is 3. The van der Waals surface area contributed by atoms with Gasteiger partial charge in [0.1, 0.15) is 0 Å². The standard InChI is InChI=1S/C7H6F3N3O5S/c1-3-2-4(13(14)15)12-6(19(11,16)17)5(3)18-7(8,9)10/h2H,1H3,(H2,11,16,17). The molecular weight excluding hydrogens is 295 g/mol. The molecule has 0 radical (unpaired) electrons. The number of nitrogens with zero attached hydrogens (tertiary/aromatic N) is 2. The van der Waals surface area contributed by atoms with E-state index in [0.717, 1.165) is 6.92 Å². The highest BCUT2D eigenvalue weighted by Gasteiger charge is 2.38. The van der Waals surface area contributed by atoms with Crippen LogP contribution in [0.15, 0.2) is 11.1 Å². The van der Waals surface area contributed by atoms with Gasteiger partial charge in [-0.15, -0.1) is 13.2 Å². The Kier molecular flexibility index (Phi) is 3.67. The van der Waals surface area contributed by atoms with Crippen LogP contribution >= 0.6 is 0 Å². The molecule has 0 unspecified atom stereocenters. The number of sulfonamides is 1. The third-order valence-corrected chi connectivity index (χ3v) is 2.60. The summed E-state index contributed by atoms with van der Waals surface area (Å²) in [7, 11) is -4.72. The minimum atomic E-state index is -5.19. The maximum Gasteiger partial charge on any atom is 0.573 e. The van der Waals surface area contributed by atoms with Crippen LogP contribution in [0.4, 0.5) is 19.0 Å². The van der Waals surface area contributed by atoms with Crippen LogP contribution in [-0.2, 0) is 10.0 Å². The van der Waals surface area contributed by atoms with Crippen LogP contribution in [0.3, 0.4) is 0 Å². The summed E-state index contributed by atoms with van der Waals surface area (Å²) in [6, 6.07) is 0.635. The van der Waals surface area contributed by atoms with Gasteiger partial charge in [-0.05, 0) is 16.8 Å². The van der Waals surface area contributed by atoms with Crippen LogP contribution in [0.25, 0.3) is 0 Å². The number of nitro groups is 1. The number of pyridine rings is 1. The van der Waals surface area contributed by atoms with Crippen LogP contribution in [-0.4, -0.2) is 24.7 Å². The molecule has 0 aromatic carbocycles. The van der Waals surface area contributed by atoms with E-state index in [1.54, 1.807) is 0 Å². The molecule has 2 N–H and O–H groups in total. The maximum absolute atomic E-state index is 12.1. The summed E-state index contributed by atoms with van der Waals surface area (Å²) >= 11 is 0. The molecule has 0 saturated carbocycles. The third kappa shape index (κ3) is 3.75. The van der Waals surface area contributed by atoms with E-state index >= 15 is 0 Å². The average molecular weight is 301 g/mol. The number of hydrogen-bond donors (Lipinski definition) is 1. The molecule has 106 valence electrons. The molecule has 1 aromatic heterocycles. The van der Waals surface area contributed by atoms with Crippen LogP contribution < -0.4 is 9.88 Å². The van der Waals surface area contributed by atoms with Gasteiger partial charge in [-0.25, -0.2) is 13.6 Å². The Morgan fingerprint density at radius 1 is 1.47 bits per heavy atom. The van der Waals surface area contributed by atoms with Crippen molar-refractivity contribution < 1.29 is 31.2 Å². The molecule has 19 heavy (non-hydrogen) atoms. The summed E-state index contributed by atoms with van der Waals surface area (Å²) in [5.74, 6) is -2.16. The number of nitrogens with two attached hydrogens (primary N) is 1. The highest BCUT2D eigenvalue weighted by molar-refractivity contribution is 7.89. The fourth-order valence-corrected chi connectivity index (χ4v) is 1.82. The first-order chi connectivity index (χ1) is 8.42. The maximum atomic E-state index is 12.1. The summed E-state index contributed by atoms with van der Waals surface area (Å²) < 4.78 is 62.1. The van der Waals surface area contributed by atoms with Crippen molar-refractivity contribution in [1.82, 2.24) is 4.98 Å². The van der Waals surface area contributed by atoms with Crippen molar-refractivity contribution in [2.75, 3.05) is 0 Å². The van der Waals surface area contributed by atoms with Gasteiger partial charge in [0, 0.05) is 11.6 Å². The van der Waals surface area contributed by atoms with E-state index < -0.39 is 43.5 Å². The van der Waals surface area contributed by atoms with Crippen molar-refractivity contribution in [1.29, 1.82) is 0 Å². The van der Waals surface area contributed by atoms with Gasteiger partial charge < -0.3 is 14.9 Å². The molecule has 0 aliphatic rings. The molecule has 0 atom stereocenters. The lowest BCUT2D eigenvalue weighted by molar-refractivity contribution is -0.390. The molecule has 0 aliphatic heterocycles. The molecule has 8 nitrogen and oxygen atoms in total. The van der Waals surface area contributed by atoms with Gasteiger partial charge in [-0.3, -0.25) is 0 Å². The summed E-state index contributed by atoms with van der Waals surface area (Å²) in [5.41, 5.74) is -0.442. The first kappa shape index (κ1) is 15.1. The van der Waals surface area contributed by atoms with Crippen molar-refractivity contribution >= 4 is 15.8 Å². The molecule has 1 aromatic rings. The quantitative estimate of drug-likeness (QED) is 0.651. The zero-order chi connectivity index (χ0) is 15.0. The second kappa shape index (κ2) is 4.62. The van der Waals surface area contributed by atoms with E-state index in [0.29, 0.717) is 6.07 Å². The molecule has 1 rings (SSSR count). The average Bonchev–Trinajstić information content (AvgIpc) is 2.16. The molecule has 0 amide bonds. The fraction of sp³-hybridized carbons (Fsp3) is 0.286. The van der Waals surface area contributed by atoms with Crippen LogP contribution in [0.1, 0.15) is 5.56 Å². The smallest absolute Gasteiger partial charge is 0.400 e. The molecule has 0 spiro atoms. The zero-order valence-corrected chi connectivity index (χ0v) is 9.95. The van der Waals surface area contributed by atoms with E-state index in [4.69, 9.17) is 0 Å². The number of primary sulfonamides is 1. The first-order valence-electron chi connectivity index (χ1n) is 4.36. The number of hydrogen-bond acceptors (Lipinski definition) is 6. The van der Waals surface area contributed by atoms with Gasteiger partial charge in [0.15, 0.2) is 5.75 Å². The highest BCUT2D eigenvalue weighted by Crippen LogP contribution is 2.33. The van der Waals surface area contributed by atoms with E-state index in [1.165, 1.54) is 0 Å². The van der Waals surface area contributed by atoms with Gasteiger partial charge in [-0.2, -0.15) is 0 Å². The lowest BCUT2D eigenvalue weighted by Crippen LogP contribution is -2.23. The Bertz CT molecular complexity index is 628. The lowest BCUT2D eigenvalue weighted by Gasteiger charge is -2.11. The monoisotopic (exact) mass is 301 g/mol. The highest BCUT2D eigenvalue weighted by atomic mass is 32.2. The van der Waals surface area contributed by atoms with E-state index in [2.05, 4.69) is 14.9 Å². The number of aryl methyl sites for hydroxylation is 1. The van der Waals surface area contributed by atoms with Crippen molar-refractivity contribution in [3.63, 3.8) is 0 Å². The van der Waals surface area contributed by atoms with Crippen molar-refractivity contribution in [2.24, 2.45) is 5.14 Å². The summed E-state index contributed by atoms with van der Waals surface area (Å²) in [6.45, 7) is 0.991. The second-order valence-electron chi connectivity index (χ2n) is 3.28. The fourth-order valence-electron chi connectivity index (χ4n) is 1.14. The minimum Gasteiger partial charge on any atom is -0.400 e. The largest absolute Gasteiger partial charge is 0.573 e. The molecule has 0 aliphatic carbocycles. The second-order valence-corrected chi connectivity index (χ2v) is 4.76. The molecule has 0 fully saturated rings. The molecule has 12 heteroatoms. The van der Waals surface area contributed by atoms with E-state index in [9.17, 15) is 31.7 Å².